The van der Waals surface area contributed by atoms with Crippen LogP contribution in [0.15, 0.2) is 11.6 Å². The molecule has 1 fully saturated rings. The molecule has 0 N–H and O–H groups in total. The van der Waals surface area contributed by atoms with Gasteiger partial charge in [0.1, 0.15) is 5.78 Å². The minimum atomic E-state index is 0.246. The molecule has 0 unspecified atom stereocenters. The van der Waals surface area contributed by atoms with Gasteiger partial charge in [-0.2, -0.15) is 0 Å². The summed E-state index contributed by atoms with van der Waals surface area (Å²) in [6.07, 6.45) is 6.80. The van der Waals surface area contributed by atoms with Crippen molar-refractivity contribution in [3.63, 3.8) is 0 Å². The number of Topliss-reactive ketones (excluding diaryl/α,β-unsaturated/α-hetero) is 1. The lowest BCUT2D eigenvalue weighted by Crippen LogP contribution is -2.45. The fraction of sp³-hybridized carbons (Fsp3) is 0.800. The number of hydrogen-bond acceptors (Lipinski definition) is 1. The van der Waals surface area contributed by atoms with E-state index in [0.29, 0.717) is 10.6 Å². The van der Waals surface area contributed by atoms with Crippen molar-refractivity contribution in [2.75, 3.05) is 0 Å². The van der Waals surface area contributed by atoms with E-state index in [2.05, 4.69) is 42.8 Å². The van der Waals surface area contributed by atoms with Gasteiger partial charge in [-0.05, 0) is 50.4 Å². The van der Waals surface area contributed by atoms with Gasteiger partial charge in [0.2, 0.25) is 0 Å². The third-order valence-corrected chi connectivity index (χ3v) is 7.01. The number of carbonyl (C=O) groups excluding carboxylic acids is 1. The third kappa shape index (κ3) is 1.83. The van der Waals surface area contributed by atoms with Crippen molar-refractivity contribution < 1.29 is 4.79 Å². The highest BCUT2D eigenvalue weighted by atomic mass is 79.9. The first-order valence-corrected chi connectivity index (χ1v) is 7.54. The minimum Gasteiger partial charge on any atom is -0.300 e. The smallest absolute Gasteiger partial charge is 0.132 e. The van der Waals surface area contributed by atoms with Crippen molar-refractivity contribution in [3.8, 4) is 0 Å². The topological polar surface area (TPSA) is 17.1 Å². The number of hydrogen-bond donors (Lipinski definition) is 0. The number of ketones is 1. The summed E-state index contributed by atoms with van der Waals surface area (Å²) >= 11 is 3.85. The zero-order chi connectivity index (χ0) is 12.8. The van der Waals surface area contributed by atoms with Gasteiger partial charge in [-0.25, -0.2) is 0 Å². The molecule has 0 radical (unpaired) electrons. The SMILES string of the molecule is CC(=O)[C@@H]1CC[C@]2(C1)C(C)=CC[C@@H](Br)C2(C)C. The van der Waals surface area contributed by atoms with E-state index < -0.39 is 0 Å². The molecular formula is C15H23BrO. The number of carbonyl (C=O) groups is 1. The summed E-state index contributed by atoms with van der Waals surface area (Å²) in [5.74, 6) is 0.664. The van der Waals surface area contributed by atoms with Gasteiger partial charge in [0, 0.05) is 10.7 Å². The van der Waals surface area contributed by atoms with Crippen molar-refractivity contribution in [1.82, 2.24) is 0 Å². The highest BCUT2D eigenvalue weighted by molar-refractivity contribution is 9.09. The van der Waals surface area contributed by atoms with Crippen molar-refractivity contribution in [2.45, 2.75) is 58.2 Å². The Kier molecular flexibility index (Phi) is 3.31. The number of alkyl halides is 1. The molecule has 1 saturated carbocycles. The van der Waals surface area contributed by atoms with Crippen LogP contribution in [0.1, 0.15) is 53.4 Å². The monoisotopic (exact) mass is 298 g/mol. The van der Waals surface area contributed by atoms with Crippen LogP contribution in [0, 0.1) is 16.7 Å². The Labute approximate surface area is 113 Å². The molecule has 2 heteroatoms. The van der Waals surface area contributed by atoms with Crippen molar-refractivity contribution >= 4 is 21.7 Å². The zero-order valence-electron chi connectivity index (χ0n) is 11.3. The fourth-order valence-electron chi connectivity index (χ4n) is 3.91. The van der Waals surface area contributed by atoms with Gasteiger partial charge in [-0.3, -0.25) is 4.79 Å². The highest BCUT2D eigenvalue weighted by Crippen LogP contribution is 2.62. The van der Waals surface area contributed by atoms with Crippen LogP contribution in [0.4, 0.5) is 0 Å². The maximum Gasteiger partial charge on any atom is 0.132 e. The van der Waals surface area contributed by atoms with Crippen molar-refractivity contribution in [1.29, 1.82) is 0 Å². The molecule has 0 aromatic carbocycles. The second-order valence-corrected chi connectivity index (χ2v) is 7.55. The number of rotatable bonds is 1. The lowest BCUT2D eigenvalue weighted by Gasteiger charge is -2.51. The summed E-state index contributed by atoms with van der Waals surface area (Å²) in [4.78, 5) is 12.2. The molecule has 0 amide bonds. The number of halogens is 1. The summed E-state index contributed by atoms with van der Waals surface area (Å²) in [6.45, 7) is 8.75. The zero-order valence-corrected chi connectivity index (χ0v) is 12.9. The normalized spacial score (nSPS) is 40.4. The third-order valence-electron chi connectivity index (χ3n) is 5.49. The lowest BCUT2D eigenvalue weighted by molar-refractivity contribution is -0.120. The molecule has 0 saturated heterocycles. The van der Waals surface area contributed by atoms with E-state index in [-0.39, 0.29) is 16.7 Å². The van der Waals surface area contributed by atoms with Crippen LogP contribution in [-0.4, -0.2) is 10.6 Å². The molecule has 17 heavy (non-hydrogen) atoms. The fourth-order valence-corrected chi connectivity index (χ4v) is 4.54. The molecule has 0 bridgehead atoms. The average molecular weight is 299 g/mol. The average Bonchev–Trinajstić information content (AvgIpc) is 2.69. The number of allylic oxidation sites excluding steroid dienone is 2. The van der Waals surface area contributed by atoms with E-state index in [0.717, 1.165) is 19.3 Å². The van der Waals surface area contributed by atoms with Gasteiger partial charge in [0.25, 0.3) is 0 Å². The van der Waals surface area contributed by atoms with Crippen LogP contribution in [0.3, 0.4) is 0 Å². The lowest BCUT2D eigenvalue weighted by atomic mass is 9.56. The molecule has 0 aliphatic heterocycles. The largest absolute Gasteiger partial charge is 0.300 e. The maximum absolute atomic E-state index is 11.6. The van der Waals surface area contributed by atoms with E-state index in [1.807, 2.05) is 0 Å². The van der Waals surface area contributed by atoms with E-state index in [1.54, 1.807) is 6.92 Å². The van der Waals surface area contributed by atoms with Crippen molar-refractivity contribution in [2.24, 2.45) is 16.7 Å². The van der Waals surface area contributed by atoms with Gasteiger partial charge in [-0.1, -0.05) is 41.4 Å². The molecule has 2 aliphatic rings. The molecule has 2 rings (SSSR count). The van der Waals surface area contributed by atoms with Crippen LogP contribution < -0.4 is 0 Å². The Hall–Kier alpha value is -0.110. The molecule has 1 spiro atoms. The molecule has 2 aliphatic carbocycles. The van der Waals surface area contributed by atoms with Crippen LogP contribution in [0.2, 0.25) is 0 Å². The van der Waals surface area contributed by atoms with Gasteiger partial charge in [0.15, 0.2) is 0 Å². The molecule has 0 aromatic rings. The Morgan fingerprint density at radius 3 is 2.65 bits per heavy atom. The second-order valence-electron chi connectivity index (χ2n) is 6.44. The molecule has 1 nitrogen and oxygen atoms in total. The summed E-state index contributed by atoms with van der Waals surface area (Å²) < 4.78 is 0. The summed E-state index contributed by atoms with van der Waals surface area (Å²) in [6, 6.07) is 0. The van der Waals surface area contributed by atoms with Gasteiger partial charge >= 0.3 is 0 Å². The van der Waals surface area contributed by atoms with E-state index in [4.69, 9.17) is 0 Å². The Balaban J connectivity index is 2.38. The molecule has 96 valence electrons. The first kappa shape index (κ1) is 13.3. The highest BCUT2D eigenvalue weighted by Gasteiger charge is 2.55. The molecule has 0 heterocycles. The van der Waals surface area contributed by atoms with Crippen LogP contribution in [0.25, 0.3) is 0 Å². The quantitative estimate of drug-likeness (QED) is 0.514. The molecule has 0 aromatic heterocycles. The first-order chi connectivity index (χ1) is 7.81. The predicted octanol–water partition coefficient (Wildman–Crippen LogP) is 4.50. The van der Waals surface area contributed by atoms with Gasteiger partial charge in [-0.15, -0.1) is 0 Å². The van der Waals surface area contributed by atoms with Gasteiger partial charge in [0.05, 0.1) is 0 Å². The summed E-state index contributed by atoms with van der Waals surface area (Å²) in [5.41, 5.74) is 2.01. The summed E-state index contributed by atoms with van der Waals surface area (Å²) in [5, 5.41) is 0. The first-order valence-electron chi connectivity index (χ1n) is 6.63. The van der Waals surface area contributed by atoms with E-state index in [9.17, 15) is 4.79 Å². The second kappa shape index (κ2) is 4.22. The maximum atomic E-state index is 11.6. The molecule has 3 atom stereocenters. The van der Waals surface area contributed by atoms with E-state index >= 15 is 0 Å². The molecular weight excluding hydrogens is 276 g/mol. The Morgan fingerprint density at radius 2 is 2.12 bits per heavy atom. The minimum absolute atomic E-state index is 0.246. The standard InChI is InChI=1S/C15H23BrO/c1-10-5-6-13(16)14(3,4)15(10)8-7-12(9-15)11(2)17/h5,12-13H,6-9H2,1-4H3/t12-,13-,15+/m1/s1. The summed E-state index contributed by atoms with van der Waals surface area (Å²) in [7, 11) is 0. The van der Waals surface area contributed by atoms with Crippen LogP contribution >= 0.6 is 15.9 Å². The van der Waals surface area contributed by atoms with Crippen LogP contribution in [-0.2, 0) is 4.79 Å². The predicted molar refractivity (Wildman–Crippen MR) is 75.3 cm³/mol. The van der Waals surface area contributed by atoms with Crippen molar-refractivity contribution in [3.05, 3.63) is 11.6 Å². The van der Waals surface area contributed by atoms with Gasteiger partial charge < -0.3 is 0 Å². The van der Waals surface area contributed by atoms with Crippen LogP contribution in [0.5, 0.6) is 0 Å². The Bertz CT molecular complexity index is 369. The Morgan fingerprint density at radius 1 is 1.47 bits per heavy atom. The van der Waals surface area contributed by atoms with E-state index in [1.165, 1.54) is 12.0 Å².